The molecule has 1 fully saturated rings. The molecule has 112 valence electrons. The molecular weight excluding hydrogens is 256 g/mol. The first-order valence-electron chi connectivity index (χ1n) is 7.21. The molecule has 1 atom stereocenters. The Labute approximate surface area is 119 Å². The van der Waals surface area contributed by atoms with Crippen molar-refractivity contribution in [3.8, 4) is 0 Å². The lowest BCUT2D eigenvalue weighted by molar-refractivity contribution is 0.0589. The maximum Gasteiger partial charge on any atom is 0.276 e. The number of hydrogen-bond donors (Lipinski definition) is 1. The zero-order valence-corrected chi connectivity index (χ0v) is 12.5. The lowest BCUT2D eigenvalue weighted by Crippen LogP contribution is -2.42. The maximum absolute atomic E-state index is 12.7. The lowest BCUT2D eigenvalue weighted by atomic mass is 10.1. The van der Waals surface area contributed by atoms with E-state index in [4.69, 9.17) is 10.5 Å². The fraction of sp³-hybridized carbons (Fsp3) is 0.714. The zero-order valence-electron chi connectivity index (χ0n) is 12.5. The van der Waals surface area contributed by atoms with Gasteiger partial charge in [-0.15, -0.1) is 0 Å². The van der Waals surface area contributed by atoms with Crippen LogP contribution in [0.1, 0.15) is 37.2 Å². The van der Waals surface area contributed by atoms with E-state index < -0.39 is 0 Å². The Balaban J connectivity index is 2.17. The normalized spacial score (nSPS) is 16.1. The number of amides is 1. The number of carbonyl (C=O) groups is 1. The van der Waals surface area contributed by atoms with Gasteiger partial charge in [-0.2, -0.15) is 5.10 Å². The van der Waals surface area contributed by atoms with Crippen LogP contribution in [0, 0.1) is 5.92 Å². The molecule has 1 aliphatic carbocycles. The molecule has 1 unspecified atom stereocenters. The van der Waals surface area contributed by atoms with Crippen LogP contribution in [-0.4, -0.2) is 46.9 Å². The minimum atomic E-state index is -0.0915. The standard InChI is InChI=1S/C14H24N4O2/c1-4-17-9-12(15)13(16-17)14(19)18(7-8-20-3)10(2)11-5-6-11/h9-11H,4-8,15H2,1-3H3. The van der Waals surface area contributed by atoms with E-state index in [2.05, 4.69) is 12.0 Å². The van der Waals surface area contributed by atoms with Crippen LogP contribution in [-0.2, 0) is 11.3 Å². The van der Waals surface area contributed by atoms with Gasteiger partial charge in [-0.3, -0.25) is 9.48 Å². The number of rotatable bonds is 7. The van der Waals surface area contributed by atoms with Crippen LogP contribution < -0.4 is 5.73 Å². The number of nitrogen functional groups attached to an aromatic ring is 1. The quantitative estimate of drug-likeness (QED) is 0.818. The second kappa shape index (κ2) is 6.26. The summed E-state index contributed by atoms with van der Waals surface area (Å²) in [6, 6.07) is 0.212. The molecule has 0 aromatic carbocycles. The van der Waals surface area contributed by atoms with E-state index >= 15 is 0 Å². The fourth-order valence-electron chi connectivity index (χ4n) is 2.41. The molecule has 0 radical (unpaired) electrons. The van der Waals surface area contributed by atoms with E-state index in [-0.39, 0.29) is 11.9 Å². The van der Waals surface area contributed by atoms with Gasteiger partial charge in [0.1, 0.15) is 0 Å². The van der Waals surface area contributed by atoms with Gasteiger partial charge in [-0.1, -0.05) is 0 Å². The Morgan fingerprint density at radius 2 is 2.35 bits per heavy atom. The summed E-state index contributed by atoms with van der Waals surface area (Å²) in [5.74, 6) is 0.511. The number of nitrogens with zero attached hydrogens (tertiary/aromatic N) is 3. The predicted molar refractivity (Wildman–Crippen MR) is 77.4 cm³/mol. The number of hydrogen-bond acceptors (Lipinski definition) is 4. The van der Waals surface area contributed by atoms with E-state index in [1.807, 2.05) is 11.8 Å². The average Bonchev–Trinajstić information content (AvgIpc) is 3.21. The van der Waals surface area contributed by atoms with Crippen LogP contribution in [0.2, 0.25) is 0 Å². The highest BCUT2D eigenvalue weighted by molar-refractivity contribution is 5.97. The molecule has 0 bridgehead atoms. The smallest absolute Gasteiger partial charge is 0.276 e. The summed E-state index contributed by atoms with van der Waals surface area (Å²) in [7, 11) is 1.64. The molecule has 20 heavy (non-hydrogen) atoms. The number of anilines is 1. The highest BCUT2D eigenvalue weighted by Crippen LogP contribution is 2.35. The van der Waals surface area contributed by atoms with E-state index in [9.17, 15) is 4.79 Å². The van der Waals surface area contributed by atoms with Gasteiger partial charge in [-0.05, 0) is 32.6 Å². The third kappa shape index (κ3) is 3.12. The second-order valence-electron chi connectivity index (χ2n) is 5.36. The Morgan fingerprint density at radius 1 is 1.65 bits per heavy atom. The summed E-state index contributed by atoms with van der Waals surface area (Å²) in [4.78, 5) is 14.5. The summed E-state index contributed by atoms with van der Waals surface area (Å²) in [6.07, 6.45) is 4.09. The van der Waals surface area contributed by atoms with Crippen LogP contribution in [0.3, 0.4) is 0 Å². The number of aryl methyl sites for hydroxylation is 1. The monoisotopic (exact) mass is 280 g/mol. The molecule has 6 nitrogen and oxygen atoms in total. The lowest BCUT2D eigenvalue weighted by Gasteiger charge is -2.28. The molecule has 0 aliphatic heterocycles. The van der Waals surface area contributed by atoms with Crippen molar-refractivity contribution in [1.82, 2.24) is 14.7 Å². The molecule has 1 aromatic rings. The first-order chi connectivity index (χ1) is 9.58. The number of nitrogens with two attached hydrogens (primary N) is 1. The highest BCUT2D eigenvalue weighted by Gasteiger charge is 2.35. The second-order valence-corrected chi connectivity index (χ2v) is 5.36. The summed E-state index contributed by atoms with van der Waals surface area (Å²) >= 11 is 0. The molecule has 1 amide bonds. The number of carbonyl (C=O) groups excluding carboxylic acids is 1. The SMILES string of the molecule is CCn1cc(N)c(C(=O)N(CCOC)C(C)C2CC2)n1. The van der Waals surface area contributed by atoms with Crippen LogP contribution in [0.4, 0.5) is 5.69 Å². The number of methoxy groups -OCH3 is 1. The number of aromatic nitrogens is 2. The Kier molecular flexibility index (Phi) is 4.65. The Bertz CT molecular complexity index is 468. The summed E-state index contributed by atoms with van der Waals surface area (Å²) in [5.41, 5.74) is 6.72. The molecular formula is C14H24N4O2. The first-order valence-corrected chi connectivity index (χ1v) is 7.21. The zero-order chi connectivity index (χ0) is 14.7. The van der Waals surface area contributed by atoms with Gasteiger partial charge in [0.05, 0.1) is 12.3 Å². The van der Waals surface area contributed by atoms with Gasteiger partial charge in [0.2, 0.25) is 0 Å². The van der Waals surface area contributed by atoms with E-state index in [1.165, 1.54) is 12.8 Å². The summed E-state index contributed by atoms with van der Waals surface area (Å²) < 4.78 is 6.81. The van der Waals surface area contributed by atoms with E-state index in [0.29, 0.717) is 37.0 Å². The largest absolute Gasteiger partial charge is 0.396 e. The van der Waals surface area contributed by atoms with E-state index in [1.54, 1.807) is 18.0 Å². The highest BCUT2D eigenvalue weighted by atomic mass is 16.5. The molecule has 2 N–H and O–H groups in total. The van der Waals surface area contributed by atoms with Crippen LogP contribution in [0.15, 0.2) is 6.20 Å². The minimum absolute atomic E-state index is 0.0915. The van der Waals surface area contributed by atoms with Crippen molar-refractivity contribution < 1.29 is 9.53 Å². The average molecular weight is 280 g/mol. The molecule has 1 aliphatic rings. The molecule has 0 spiro atoms. The van der Waals surface area contributed by atoms with Gasteiger partial charge in [0.25, 0.3) is 5.91 Å². The molecule has 1 aromatic heterocycles. The first kappa shape index (κ1) is 14.8. The fourth-order valence-corrected chi connectivity index (χ4v) is 2.41. The Hall–Kier alpha value is -1.56. The van der Waals surface area contributed by atoms with Crippen LogP contribution >= 0.6 is 0 Å². The third-order valence-corrected chi connectivity index (χ3v) is 3.91. The minimum Gasteiger partial charge on any atom is -0.396 e. The van der Waals surface area contributed by atoms with Crippen molar-refractivity contribution in [3.63, 3.8) is 0 Å². The van der Waals surface area contributed by atoms with Crippen molar-refractivity contribution in [2.45, 2.75) is 39.3 Å². The van der Waals surface area contributed by atoms with Crippen molar-refractivity contribution in [2.24, 2.45) is 5.92 Å². The molecule has 1 heterocycles. The van der Waals surface area contributed by atoms with Crippen LogP contribution in [0.25, 0.3) is 0 Å². The van der Waals surface area contributed by atoms with Gasteiger partial charge >= 0.3 is 0 Å². The van der Waals surface area contributed by atoms with Gasteiger partial charge < -0.3 is 15.4 Å². The van der Waals surface area contributed by atoms with Gasteiger partial charge in [0.15, 0.2) is 5.69 Å². The Morgan fingerprint density at radius 3 is 2.85 bits per heavy atom. The van der Waals surface area contributed by atoms with Crippen molar-refractivity contribution in [2.75, 3.05) is 26.0 Å². The van der Waals surface area contributed by atoms with Crippen LogP contribution in [0.5, 0.6) is 0 Å². The predicted octanol–water partition coefficient (Wildman–Crippen LogP) is 1.37. The van der Waals surface area contributed by atoms with Gasteiger partial charge in [0, 0.05) is 32.4 Å². The molecule has 0 saturated heterocycles. The maximum atomic E-state index is 12.7. The van der Waals surface area contributed by atoms with Crippen molar-refractivity contribution in [1.29, 1.82) is 0 Å². The van der Waals surface area contributed by atoms with E-state index in [0.717, 1.165) is 0 Å². The molecule has 2 rings (SSSR count). The van der Waals surface area contributed by atoms with Gasteiger partial charge in [-0.25, -0.2) is 0 Å². The summed E-state index contributed by atoms with van der Waals surface area (Å²) in [5, 5.41) is 4.28. The molecule has 1 saturated carbocycles. The summed E-state index contributed by atoms with van der Waals surface area (Å²) in [6.45, 7) is 5.87. The third-order valence-electron chi connectivity index (χ3n) is 3.91. The van der Waals surface area contributed by atoms with Crippen molar-refractivity contribution in [3.05, 3.63) is 11.9 Å². The number of ether oxygens (including phenoxy) is 1. The topological polar surface area (TPSA) is 73.4 Å². The van der Waals surface area contributed by atoms with Crippen molar-refractivity contribution >= 4 is 11.6 Å². The molecule has 6 heteroatoms.